The second-order valence-electron chi connectivity index (χ2n) is 4.94. The summed E-state index contributed by atoms with van der Waals surface area (Å²) in [6.45, 7) is 0. The molecule has 1 aliphatic rings. The summed E-state index contributed by atoms with van der Waals surface area (Å²) in [5, 5.41) is 0. The molecule has 24 heavy (non-hydrogen) atoms. The van der Waals surface area contributed by atoms with Crippen LogP contribution in [0.3, 0.4) is 0 Å². The summed E-state index contributed by atoms with van der Waals surface area (Å²) in [5.41, 5.74) is -3.07. The predicted octanol–water partition coefficient (Wildman–Crippen LogP) is 5.70. The number of halogens is 12. The van der Waals surface area contributed by atoms with Crippen molar-refractivity contribution in [3.8, 4) is 0 Å². The van der Waals surface area contributed by atoms with Gasteiger partial charge in [0.05, 0.1) is 0 Å². The van der Waals surface area contributed by atoms with Gasteiger partial charge >= 0.3 is 24.2 Å². The van der Waals surface area contributed by atoms with Gasteiger partial charge in [0.2, 0.25) is 0 Å². The number of hydrogen-bond acceptors (Lipinski definition) is 0. The largest absolute Gasteiger partial charge is 0.426 e. The minimum absolute atomic E-state index is 0.0475. The lowest BCUT2D eigenvalue weighted by Gasteiger charge is -2.30. The molecule has 0 bridgehead atoms. The molecule has 0 spiro atoms. The molecule has 2 atom stereocenters. The molecule has 140 valence electrons. The average molecular weight is 380 g/mol. The summed E-state index contributed by atoms with van der Waals surface area (Å²) >= 11 is 0. The molecule has 0 fully saturated rings. The molecule has 0 amide bonds. The average Bonchev–Trinajstić information content (AvgIpc) is 2.43. The Labute approximate surface area is 126 Å². The van der Waals surface area contributed by atoms with E-state index in [2.05, 4.69) is 0 Å². The third kappa shape index (κ3) is 4.00. The molecule has 0 aromatic rings. The van der Waals surface area contributed by atoms with Gasteiger partial charge in [0.15, 0.2) is 0 Å². The fourth-order valence-electron chi connectivity index (χ4n) is 1.93. The van der Waals surface area contributed by atoms with Crippen LogP contribution >= 0.6 is 0 Å². The highest BCUT2D eigenvalue weighted by Crippen LogP contribution is 2.46. The summed E-state index contributed by atoms with van der Waals surface area (Å²) < 4.78 is 151. The van der Waals surface area contributed by atoms with Gasteiger partial charge in [-0.05, 0) is 12.8 Å². The van der Waals surface area contributed by atoms with Gasteiger partial charge in [0.1, 0.15) is 0 Å². The van der Waals surface area contributed by atoms with Gasteiger partial charge in [-0.15, -0.1) is 0 Å². The zero-order chi connectivity index (χ0) is 19.1. The van der Waals surface area contributed by atoms with Crippen LogP contribution in [-0.4, -0.2) is 36.5 Å². The Bertz CT molecular complexity index is 473. The van der Waals surface area contributed by atoms with Crippen molar-refractivity contribution in [1.82, 2.24) is 0 Å². The lowest BCUT2D eigenvalue weighted by molar-refractivity contribution is -0.236. The van der Waals surface area contributed by atoms with Crippen molar-refractivity contribution in [3.63, 3.8) is 0 Å². The first-order valence-corrected chi connectivity index (χ1v) is 6.10. The molecule has 0 radical (unpaired) electrons. The zero-order valence-corrected chi connectivity index (χ0v) is 11.3. The standard InChI is InChI=1S/C12H8F12/c13-7(11(19,20)21)9(15,16)5-1-2-6(4-3-5)10(17,18)8(14)12(22,23)24/h1-2,7-8H,3-4H2. The zero-order valence-electron chi connectivity index (χ0n) is 11.3. The molecule has 1 aliphatic carbocycles. The van der Waals surface area contributed by atoms with Gasteiger partial charge < -0.3 is 0 Å². The van der Waals surface area contributed by atoms with Crippen molar-refractivity contribution in [2.75, 3.05) is 0 Å². The van der Waals surface area contributed by atoms with E-state index in [1.807, 2.05) is 0 Å². The van der Waals surface area contributed by atoms with E-state index in [-0.39, 0.29) is 12.2 Å². The third-order valence-corrected chi connectivity index (χ3v) is 3.22. The van der Waals surface area contributed by atoms with Crippen LogP contribution in [-0.2, 0) is 0 Å². The van der Waals surface area contributed by atoms with Crippen LogP contribution in [0.5, 0.6) is 0 Å². The molecule has 0 N–H and O–H groups in total. The summed E-state index contributed by atoms with van der Waals surface area (Å²) in [6.07, 6.45) is -23.8. The van der Waals surface area contributed by atoms with E-state index in [4.69, 9.17) is 0 Å². The Morgan fingerprint density at radius 3 is 1.00 bits per heavy atom. The van der Waals surface area contributed by atoms with E-state index in [0.717, 1.165) is 0 Å². The molecule has 0 saturated carbocycles. The van der Waals surface area contributed by atoms with Crippen LogP contribution in [0.2, 0.25) is 0 Å². The van der Waals surface area contributed by atoms with Crippen molar-refractivity contribution >= 4 is 0 Å². The van der Waals surface area contributed by atoms with Gasteiger partial charge in [0, 0.05) is 11.1 Å². The molecule has 0 saturated heterocycles. The highest BCUT2D eigenvalue weighted by atomic mass is 19.4. The van der Waals surface area contributed by atoms with Crippen LogP contribution < -0.4 is 0 Å². The second kappa shape index (κ2) is 6.17. The topological polar surface area (TPSA) is 0 Å². The van der Waals surface area contributed by atoms with Crippen LogP contribution in [0.1, 0.15) is 12.8 Å². The minimum Gasteiger partial charge on any atom is -0.230 e. The first-order valence-electron chi connectivity index (χ1n) is 6.10. The van der Waals surface area contributed by atoms with E-state index in [9.17, 15) is 52.7 Å². The third-order valence-electron chi connectivity index (χ3n) is 3.22. The van der Waals surface area contributed by atoms with Gasteiger partial charge in [-0.1, -0.05) is 12.2 Å². The molecule has 12 heteroatoms. The van der Waals surface area contributed by atoms with Crippen LogP contribution in [0.15, 0.2) is 23.3 Å². The van der Waals surface area contributed by atoms with Crippen LogP contribution in [0, 0.1) is 0 Å². The molecule has 2 unspecified atom stereocenters. The second-order valence-corrected chi connectivity index (χ2v) is 4.94. The molecule has 0 aromatic heterocycles. The van der Waals surface area contributed by atoms with E-state index in [1.54, 1.807) is 0 Å². The fourth-order valence-corrected chi connectivity index (χ4v) is 1.93. The van der Waals surface area contributed by atoms with Crippen LogP contribution in [0.4, 0.5) is 52.7 Å². The van der Waals surface area contributed by atoms with Crippen molar-refractivity contribution in [2.45, 2.75) is 49.4 Å². The van der Waals surface area contributed by atoms with Crippen molar-refractivity contribution in [3.05, 3.63) is 23.3 Å². The molecule has 0 nitrogen and oxygen atoms in total. The molecule has 0 aliphatic heterocycles. The van der Waals surface area contributed by atoms with Gasteiger partial charge in [-0.2, -0.15) is 43.9 Å². The fraction of sp³-hybridized carbons (Fsp3) is 0.667. The monoisotopic (exact) mass is 380 g/mol. The Morgan fingerprint density at radius 2 is 0.833 bits per heavy atom. The van der Waals surface area contributed by atoms with Crippen molar-refractivity contribution < 1.29 is 52.7 Å². The highest BCUT2D eigenvalue weighted by Gasteiger charge is 2.60. The summed E-state index contributed by atoms with van der Waals surface area (Å²) in [4.78, 5) is 0. The van der Waals surface area contributed by atoms with E-state index >= 15 is 0 Å². The van der Waals surface area contributed by atoms with E-state index in [0.29, 0.717) is 0 Å². The first-order chi connectivity index (χ1) is 10.5. The summed E-state index contributed by atoms with van der Waals surface area (Å²) in [5.74, 6) is -10.2. The molecule has 0 aromatic carbocycles. The maximum atomic E-state index is 13.3. The maximum Gasteiger partial charge on any atom is 0.426 e. The maximum absolute atomic E-state index is 13.3. The van der Waals surface area contributed by atoms with Crippen molar-refractivity contribution in [2.24, 2.45) is 0 Å². The van der Waals surface area contributed by atoms with Crippen molar-refractivity contribution in [1.29, 1.82) is 0 Å². The lowest BCUT2D eigenvalue weighted by atomic mass is 9.88. The normalized spacial score (nSPS) is 20.3. The lowest BCUT2D eigenvalue weighted by Crippen LogP contribution is -2.45. The minimum atomic E-state index is -5.93. The molecule has 1 rings (SSSR count). The number of hydrogen-bond donors (Lipinski definition) is 0. The molecule has 0 heterocycles. The summed E-state index contributed by atoms with van der Waals surface area (Å²) in [6, 6.07) is 0. The van der Waals surface area contributed by atoms with Crippen LogP contribution in [0.25, 0.3) is 0 Å². The Kier molecular flexibility index (Phi) is 5.32. The highest BCUT2D eigenvalue weighted by molar-refractivity contribution is 5.33. The van der Waals surface area contributed by atoms with E-state index < -0.39 is 60.5 Å². The Morgan fingerprint density at radius 1 is 0.583 bits per heavy atom. The smallest absolute Gasteiger partial charge is 0.230 e. The van der Waals surface area contributed by atoms with E-state index in [1.165, 1.54) is 0 Å². The number of alkyl halides is 12. The first kappa shape index (κ1) is 20.7. The number of rotatable bonds is 4. The Hall–Kier alpha value is -1.36. The summed E-state index contributed by atoms with van der Waals surface area (Å²) in [7, 11) is 0. The van der Waals surface area contributed by atoms with Gasteiger partial charge in [-0.3, -0.25) is 0 Å². The van der Waals surface area contributed by atoms with Gasteiger partial charge in [-0.25, -0.2) is 8.78 Å². The predicted molar refractivity (Wildman–Crippen MR) is 57.2 cm³/mol. The quantitative estimate of drug-likeness (QED) is 0.549. The van der Waals surface area contributed by atoms with Gasteiger partial charge in [0.25, 0.3) is 12.3 Å². The number of allylic oxidation sites excluding steroid dienone is 4. The Balaban J connectivity index is 3.10. The molecular formula is C12H8F12. The molecular weight excluding hydrogens is 372 g/mol. The SMILES string of the molecule is FC(C(F)(F)F)C(F)(F)C1=CC=C(C(F)(F)C(F)C(F)(F)F)CC1.